The molecular weight excluding hydrogens is 328 g/mol. The van der Waals surface area contributed by atoms with Crippen LogP contribution in [0.4, 0.5) is 11.6 Å². The van der Waals surface area contributed by atoms with E-state index in [9.17, 15) is 0 Å². The van der Waals surface area contributed by atoms with Crippen LogP contribution in [0.2, 0.25) is 0 Å². The summed E-state index contributed by atoms with van der Waals surface area (Å²) < 4.78 is 1.82. The lowest BCUT2D eigenvalue weighted by Crippen LogP contribution is -2.25. The molecule has 0 amide bonds. The minimum absolute atomic E-state index is 0.518. The molecule has 3 aromatic heterocycles. The second-order valence-corrected chi connectivity index (χ2v) is 6.46. The number of hydrogen-bond acceptors (Lipinski definition) is 7. The van der Waals surface area contributed by atoms with Crippen LogP contribution >= 0.6 is 0 Å². The molecular formula is C18H20N8. The largest absolute Gasteiger partial charge is 0.370 e. The van der Waals surface area contributed by atoms with E-state index in [0.29, 0.717) is 17.3 Å². The fourth-order valence-corrected chi connectivity index (χ4v) is 3.27. The van der Waals surface area contributed by atoms with E-state index in [4.69, 9.17) is 5.26 Å². The molecule has 1 atom stereocenters. The summed E-state index contributed by atoms with van der Waals surface area (Å²) in [6, 6.07) is 7.82. The van der Waals surface area contributed by atoms with Gasteiger partial charge in [0.25, 0.3) is 5.78 Å². The topological polar surface area (TPSA) is 95.0 Å². The standard InChI is InChI=1S/C18H20N8/c1-2-15-7-17(26-18(24-15)22-12-23-26)25-6-5-14(11-25)10-21-16-4-3-13(8-19)9-20-16/h3-4,7,9,12,14H,2,5-6,10-11H2,1H3,(H,20,21). The lowest BCUT2D eigenvalue weighted by Gasteiger charge is -2.20. The molecule has 0 aliphatic carbocycles. The predicted octanol–water partition coefficient (Wildman–Crippen LogP) is 1.89. The molecule has 0 spiro atoms. The summed E-state index contributed by atoms with van der Waals surface area (Å²) in [5.41, 5.74) is 1.60. The fraction of sp³-hybridized carbons (Fsp3) is 0.389. The van der Waals surface area contributed by atoms with Gasteiger partial charge in [0.05, 0.1) is 5.56 Å². The molecule has 132 valence electrons. The number of nitrogens with zero attached hydrogens (tertiary/aromatic N) is 7. The zero-order valence-corrected chi connectivity index (χ0v) is 14.6. The van der Waals surface area contributed by atoms with E-state index in [0.717, 1.165) is 49.8 Å². The molecule has 1 aliphatic rings. The number of nitrogens with one attached hydrogen (secondary N) is 1. The van der Waals surface area contributed by atoms with Crippen molar-refractivity contribution in [2.75, 3.05) is 29.9 Å². The van der Waals surface area contributed by atoms with Gasteiger partial charge in [-0.25, -0.2) is 9.97 Å². The molecule has 26 heavy (non-hydrogen) atoms. The second kappa shape index (κ2) is 6.96. The maximum atomic E-state index is 8.83. The zero-order valence-electron chi connectivity index (χ0n) is 14.6. The van der Waals surface area contributed by atoms with Gasteiger partial charge < -0.3 is 10.2 Å². The molecule has 1 fully saturated rings. The quantitative estimate of drug-likeness (QED) is 0.752. The van der Waals surface area contributed by atoms with Crippen LogP contribution in [0.5, 0.6) is 0 Å². The molecule has 1 N–H and O–H groups in total. The highest BCUT2D eigenvalue weighted by atomic mass is 15.4. The minimum atomic E-state index is 0.518. The number of aromatic nitrogens is 5. The third-order valence-corrected chi connectivity index (χ3v) is 4.72. The van der Waals surface area contributed by atoms with Gasteiger partial charge in [-0.15, -0.1) is 0 Å². The maximum Gasteiger partial charge on any atom is 0.254 e. The number of aryl methyl sites for hydroxylation is 1. The first-order chi connectivity index (χ1) is 12.8. The van der Waals surface area contributed by atoms with Crippen molar-refractivity contribution in [2.45, 2.75) is 19.8 Å². The maximum absolute atomic E-state index is 8.83. The van der Waals surface area contributed by atoms with Crippen molar-refractivity contribution in [1.82, 2.24) is 24.6 Å². The molecule has 0 aromatic carbocycles. The summed E-state index contributed by atoms with van der Waals surface area (Å²) in [5.74, 6) is 3.04. The van der Waals surface area contributed by atoms with E-state index in [1.807, 2.05) is 10.6 Å². The predicted molar refractivity (Wildman–Crippen MR) is 97.9 cm³/mol. The SMILES string of the molecule is CCc1cc(N2CCC(CNc3ccc(C#N)cn3)C2)n2ncnc2n1. The Hall–Kier alpha value is -3.21. The van der Waals surface area contributed by atoms with E-state index in [1.54, 1.807) is 18.6 Å². The van der Waals surface area contributed by atoms with Crippen molar-refractivity contribution in [3.63, 3.8) is 0 Å². The van der Waals surface area contributed by atoms with Crippen LogP contribution < -0.4 is 10.2 Å². The van der Waals surface area contributed by atoms with Crippen LogP contribution in [0.1, 0.15) is 24.6 Å². The van der Waals surface area contributed by atoms with Gasteiger partial charge in [-0.1, -0.05) is 6.92 Å². The van der Waals surface area contributed by atoms with Crippen molar-refractivity contribution in [2.24, 2.45) is 5.92 Å². The Morgan fingerprint density at radius 2 is 2.27 bits per heavy atom. The Labute approximate surface area is 151 Å². The summed E-state index contributed by atoms with van der Waals surface area (Å²) in [7, 11) is 0. The lowest BCUT2D eigenvalue weighted by molar-refractivity contribution is 0.620. The molecule has 0 saturated carbocycles. The number of rotatable bonds is 5. The highest BCUT2D eigenvalue weighted by Gasteiger charge is 2.25. The first-order valence-corrected chi connectivity index (χ1v) is 8.81. The summed E-state index contributed by atoms with van der Waals surface area (Å²) in [4.78, 5) is 15.4. The lowest BCUT2D eigenvalue weighted by atomic mass is 10.1. The normalized spacial score (nSPS) is 16.8. The zero-order chi connectivity index (χ0) is 17.9. The van der Waals surface area contributed by atoms with Crippen LogP contribution in [-0.2, 0) is 6.42 Å². The molecule has 0 radical (unpaired) electrons. The summed E-state index contributed by atoms with van der Waals surface area (Å²) in [5, 5.41) is 16.5. The second-order valence-electron chi connectivity index (χ2n) is 6.46. The highest BCUT2D eigenvalue weighted by Crippen LogP contribution is 2.25. The van der Waals surface area contributed by atoms with Gasteiger partial charge in [0.2, 0.25) is 0 Å². The van der Waals surface area contributed by atoms with Gasteiger partial charge in [0, 0.05) is 37.6 Å². The van der Waals surface area contributed by atoms with Crippen LogP contribution in [0.15, 0.2) is 30.7 Å². The van der Waals surface area contributed by atoms with Crippen molar-refractivity contribution in [3.8, 4) is 6.07 Å². The fourth-order valence-electron chi connectivity index (χ4n) is 3.27. The van der Waals surface area contributed by atoms with Gasteiger partial charge in [0.1, 0.15) is 24.0 Å². The van der Waals surface area contributed by atoms with Gasteiger partial charge in [-0.05, 0) is 30.9 Å². The highest BCUT2D eigenvalue weighted by molar-refractivity contribution is 5.48. The Morgan fingerprint density at radius 1 is 1.35 bits per heavy atom. The Balaban J connectivity index is 1.43. The number of fused-ring (bicyclic) bond motifs is 1. The smallest absolute Gasteiger partial charge is 0.254 e. The first-order valence-electron chi connectivity index (χ1n) is 8.81. The summed E-state index contributed by atoms with van der Waals surface area (Å²) in [6.45, 7) is 4.88. The number of hydrogen-bond donors (Lipinski definition) is 1. The van der Waals surface area contributed by atoms with Crippen molar-refractivity contribution in [3.05, 3.63) is 42.0 Å². The summed E-state index contributed by atoms with van der Waals surface area (Å²) >= 11 is 0. The first kappa shape index (κ1) is 16.3. The molecule has 8 heteroatoms. The molecule has 8 nitrogen and oxygen atoms in total. The van der Waals surface area contributed by atoms with Crippen LogP contribution in [0.3, 0.4) is 0 Å². The van der Waals surface area contributed by atoms with E-state index in [-0.39, 0.29) is 0 Å². The molecule has 1 saturated heterocycles. The van der Waals surface area contributed by atoms with E-state index < -0.39 is 0 Å². The van der Waals surface area contributed by atoms with Crippen LogP contribution in [0, 0.1) is 17.2 Å². The summed E-state index contributed by atoms with van der Waals surface area (Å²) in [6.07, 6.45) is 5.12. The molecule has 0 bridgehead atoms. The van der Waals surface area contributed by atoms with E-state index in [1.165, 1.54) is 0 Å². The Kier molecular flexibility index (Phi) is 4.35. The van der Waals surface area contributed by atoms with Crippen molar-refractivity contribution in [1.29, 1.82) is 5.26 Å². The third-order valence-electron chi connectivity index (χ3n) is 4.72. The minimum Gasteiger partial charge on any atom is -0.370 e. The number of pyridine rings is 1. The van der Waals surface area contributed by atoms with Crippen molar-refractivity contribution < 1.29 is 0 Å². The monoisotopic (exact) mass is 348 g/mol. The molecule has 1 unspecified atom stereocenters. The van der Waals surface area contributed by atoms with Crippen LogP contribution in [-0.4, -0.2) is 44.2 Å². The van der Waals surface area contributed by atoms with Crippen LogP contribution in [0.25, 0.3) is 5.78 Å². The molecule has 4 rings (SSSR count). The van der Waals surface area contributed by atoms with Gasteiger partial charge in [-0.2, -0.15) is 19.9 Å². The van der Waals surface area contributed by atoms with Crippen molar-refractivity contribution >= 4 is 17.4 Å². The van der Waals surface area contributed by atoms with E-state index in [2.05, 4.69) is 49.3 Å². The average Bonchev–Trinajstić information content (AvgIpc) is 3.35. The third kappa shape index (κ3) is 3.16. The Bertz CT molecular complexity index is 940. The van der Waals surface area contributed by atoms with Gasteiger partial charge >= 0.3 is 0 Å². The van der Waals surface area contributed by atoms with Gasteiger partial charge in [0.15, 0.2) is 0 Å². The molecule has 3 aromatic rings. The Morgan fingerprint density at radius 3 is 3.04 bits per heavy atom. The van der Waals surface area contributed by atoms with Gasteiger partial charge in [-0.3, -0.25) is 0 Å². The average molecular weight is 348 g/mol. The molecule has 4 heterocycles. The number of nitriles is 1. The van der Waals surface area contributed by atoms with E-state index >= 15 is 0 Å². The molecule has 1 aliphatic heterocycles. The number of anilines is 2.